The van der Waals surface area contributed by atoms with E-state index in [0.29, 0.717) is 22.3 Å². The van der Waals surface area contributed by atoms with E-state index in [1.54, 1.807) is 25.3 Å². The Balaban J connectivity index is 1.43. The molecule has 0 saturated carbocycles. The zero-order valence-electron chi connectivity index (χ0n) is 16.2. The molecular weight excluding hydrogens is 392 g/mol. The van der Waals surface area contributed by atoms with Gasteiger partial charge in [0.1, 0.15) is 5.75 Å². The SMILES string of the molecule is COc1ccc(-c2nnc(S[C@H](C)C(=O)Nc3ccc4c(c3)OCO4)n2C)cc1. The molecular formula is C20H20N4O4S. The Kier molecular flexibility index (Phi) is 5.30. The molecule has 1 N–H and O–H groups in total. The molecule has 29 heavy (non-hydrogen) atoms. The van der Waals surface area contributed by atoms with Crippen LogP contribution in [0.2, 0.25) is 0 Å². The van der Waals surface area contributed by atoms with Crippen molar-refractivity contribution in [3.05, 3.63) is 42.5 Å². The molecule has 0 fully saturated rings. The van der Waals surface area contributed by atoms with Gasteiger partial charge in [0.25, 0.3) is 0 Å². The summed E-state index contributed by atoms with van der Waals surface area (Å²) in [5, 5.41) is 11.7. The summed E-state index contributed by atoms with van der Waals surface area (Å²) in [6, 6.07) is 12.9. The summed E-state index contributed by atoms with van der Waals surface area (Å²) >= 11 is 1.34. The molecule has 1 aromatic heterocycles. The number of anilines is 1. The van der Waals surface area contributed by atoms with E-state index in [2.05, 4.69) is 15.5 Å². The fraction of sp³-hybridized carbons (Fsp3) is 0.250. The third-order valence-electron chi connectivity index (χ3n) is 4.47. The lowest BCUT2D eigenvalue weighted by atomic mass is 10.2. The summed E-state index contributed by atoms with van der Waals surface area (Å²) in [6.07, 6.45) is 0. The first-order valence-electron chi connectivity index (χ1n) is 8.96. The number of hydrogen-bond acceptors (Lipinski definition) is 7. The molecule has 2 heterocycles. The molecule has 1 atom stereocenters. The number of carbonyl (C=O) groups is 1. The van der Waals surface area contributed by atoms with Crippen LogP contribution in [0.4, 0.5) is 5.69 Å². The Morgan fingerprint density at radius 3 is 2.69 bits per heavy atom. The minimum Gasteiger partial charge on any atom is -0.497 e. The Morgan fingerprint density at radius 1 is 1.17 bits per heavy atom. The van der Waals surface area contributed by atoms with Crippen LogP contribution in [0.1, 0.15) is 6.92 Å². The van der Waals surface area contributed by atoms with Gasteiger partial charge in [-0.2, -0.15) is 0 Å². The molecule has 3 aromatic rings. The van der Waals surface area contributed by atoms with Gasteiger partial charge in [0.05, 0.1) is 12.4 Å². The van der Waals surface area contributed by atoms with Crippen molar-refractivity contribution in [2.24, 2.45) is 7.05 Å². The van der Waals surface area contributed by atoms with Crippen LogP contribution in [0.5, 0.6) is 17.2 Å². The highest BCUT2D eigenvalue weighted by atomic mass is 32.2. The third-order valence-corrected chi connectivity index (χ3v) is 5.61. The molecule has 0 unspecified atom stereocenters. The predicted molar refractivity (Wildman–Crippen MR) is 110 cm³/mol. The Bertz CT molecular complexity index is 1040. The molecule has 2 aromatic carbocycles. The highest BCUT2D eigenvalue weighted by molar-refractivity contribution is 8.00. The number of ether oxygens (including phenoxy) is 3. The molecule has 0 saturated heterocycles. The molecule has 8 nitrogen and oxygen atoms in total. The summed E-state index contributed by atoms with van der Waals surface area (Å²) < 4.78 is 17.7. The number of thioether (sulfide) groups is 1. The standard InChI is InChI=1S/C20H20N4O4S/c1-12(19(25)21-14-6-9-16-17(10-14)28-11-27-16)29-20-23-22-18(24(20)2)13-4-7-15(26-3)8-5-13/h4-10,12H,11H2,1-3H3,(H,21,25)/t12-/m1/s1. The third kappa shape index (κ3) is 4.00. The smallest absolute Gasteiger partial charge is 0.237 e. The van der Waals surface area contributed by atoms with Crippen molar-refractivity contribution in [2.75, 3.05) is 19.2 Å². The van der Waals surface area contributed by atoms with Gasteiger partial charge in [-0.3, -0.25) is 4.79 Å². The number of nitrogens with zero attached hydrogens (tertiary/aromatic N) is 3. The van der Waals surface area contributed by atoms with Gasteiger partial charge in [0.2, 0.25) is 12.7 Å². The Labute approximate surface area is 172 Å². The normalized spacial score (nSPS) is 13.2. The average molecular weight is 412 g/mol. The van der Waals surface area contributed by atoms with Crippen LogP contribution < -0.4 is 19.5 Å². The minimum absolute atomic E-state index is 0.136. The van der Waals surface area contributed by atoms with Crippen LogP contribution in [0.25, 0.3) is 11.4 Å². The molecule has 0 spiro atoms. The summed E-state index contributed by atoms with van der Waals surface area (Å²) in [4.78, 5) is 12.6. The molecule has 4 rings (SSSR count). The van der Waals surface area contributed by atoms with Crippen LogP contribution in [-0.4, -0.2) is 39.8 Å². The quantitative estimate of drug-likeness (QED) is 0.621. The molecule has 0 radical (unpaired) electrons. The van der Waals surface area contributed by atoms with E-state index in [9.17, 15) is 4.79 Å². The number of hydrogen-bond donors (Lipinski definition) is 1. The van der Waals surface area contributed by atoms with E-state index >= 15 is 0 Å². The van der Waals surface area contributed by atoms with Gasteiger partial charge < -0.3 is 24.1 Å². The number of fused-ring (bicyclic) bond motifs is 1. The lowest BCUT2D eigenvalue weighted by molar-refractivity contribution is -0.115. The number of methoxy groups -OCH3 is 1. The van der Waals surface area contributed by atoms with Crippen molar-refractivity contribution in [3.63, 3.8) is 0 Å². The topological polar surface area (TPSA) is 87.5 Å². The maximum atomic E-state index is 12.6. The van der Waals surface area contributed by atoms with Crippen molar-refractivity contribution in [3.8, 4) is 28.6 Å². The molecule has 9 heteroatoms. The van der Waals surface area contributed by atoms with Crippen LogP contribution in [-0.2, 0) is 11.8 Å². The van der Waals surface area contributed by atoms with Crippen LogP contribution in [0, 0.1) is 0 Å². The summed E-state index contributed by atoms with van der Waals surface area (Å²) in [5.41, 5.74) is 1.58. The second-order valence-electron chi connectivity index (χ2n) is 6.41. The van der Waals surface area contributed by atoms with E-state index in [-0.39, 0.29) is 18.0 Å². The van der Waals surface area contributed by atoms with Crippen molar-refractivity contribution in [2.45, 2.75) is 17.3 Å². The summed E-state index contributed by atoms with van der Waals surface area (Å²) in [7, 11) is 3.51. The number of benzene rings is 2. The Hall–Kier alpha value is -3.20. The van der Waals surface area contributed by atoms with Gasteiger partial charge in [0, 0.05) is 24.4 Å². The summed E-state index contributed by atoms with van der Waals surface area (Å²) in [5.74, 6) is 2.66. The minimum atomic E-state index is -0.368. The van der Waals surface area contributed by atoms with E-state index in [0.717, 1.165) is 17.1 Å². The van der Waals surface area contributed by atoms with E-state index in [4.69, 9.17) is 14.2 Å². The fourth-order valence-corrected chi connectivity index (χ4v) is 3.65. The molecule has 1 aliphatic rings. The van der Waals surface area contributed by atoms with Crippen LogP contribution >= 0.6 is 11.8 Å². The van der Waals surface area contributed by atoms with Gasteiger partial charge in [0.15, 0.2) is 22.5 Å². The van der Waals surface area contributed by atoms with Crippen molar-refractivity contribution in [1.82, 2.24) is 14.8 Å². The molecule has 1 amide bonds. The maximum absolute atomic E-state index is 12.6. The number of amides is 1. The first-order chi connectivity index (χ1) is 14.0. The monoisotopic (exact) mass is 412 g/mol. The second kappa shape index (κ2) is 8.04. The number of carbonyl (C=O) groups excluding carboxylic acids is 1. The van der Waals surface area contributed by atoms with E-state index in [1.165, 1.54) is 11.8 Å². The Morgan fingerprint density at radius 2 is 1.93 bits per heavy atom. The van der Waals surface area contributed by atoms with Gasteiger partial charge in [-0.1, -0.05) is 11.8 Å². The number of aromatic nitrogens is 3. The van der Waals surface area contributed by atoms with Gasteiger partial charge in [-0.05, 0) is 43.3 Å². The average Bonchev–Trinajstić information content (AvgIpc) is 3.34. The summed E-state index contributed by atoms with van der Waals surface area (Å²) in [6.45, 7) is 2.02. The van der Waals surface area contributed by atoms with E-state index in [1.807, 2.05) is 42.8 Å². The van der Waals surface area contributed by atoms with Gasteiger partial charge >= 0.3 is 0 Å². The molecule has 1 aliphatic heterocycles. The fourth-order valence-electron chi connectivity index (χ4n) is 2.84. The van der Waals surface area contributed by atoms with Crippen molar-refractivity contribution < 1.29 is 19.0 Å². The molecule has 150 valence electrons. The van der Waals surface area contributed by atoms with E-state index < -0.39 is 0 Å². The number of rotatable bonds is 6. The first kappa shape index (κ1) is 19.1. The van der Waals surface area contributed by atoms with Crippen molar-refractivity contribution in [1.29, 1.82) is 0 Å². The van der Waals surface area contributed by atoms with Crippen LogP contribution in [0.15, 0.2) is 47.6 Å². The molecule has 0 aliphatic carbocycles. The zero-order valence-corrected chi connectivity index (χ0v) is 17.0. The first-order valence-corrected chi connectivity index (χ1v) is 9.84. The number of nitrogens with one attached hydrogen (secondary N) is 1. The van der Waals surface area contributed by atoms with Crippen molar-refractivity contribution >= 4 is 23.4 Å². The highest BCUT2D eigenvalue weighted by Crippen LogP contribution is 2.34. The largest absolute Gasteiger partial charge is 0.497 e. The lowest BCUT2D eigenvalue weighted by Crippen LogP contribution is -2.22. The van der Waals surface area contributed by atoms with Crippen LogP contribution in [0.3, 0.4) is 0 Å². The van der Waals surface area contributed by atoms with Gasteiger partial charge in [-0.25, -0.2) is 0 Å². The predicted octanol–water partition coefficient (Wildman–Crippen LogP) is 3.34. The zero-order chi connectivity index (χ0) is 20.4. The lowest BCUT2D eigenvalue weighted by Gasteiger charge is -2.12. The maximum Gasteiger partial charge on any atom is 0.237 e. The van der Waals surface area contributed by atoms with Gasteiger partial charge in [-0.15, -0.1) is 10.2 Å². The molecule has 0 bridgehead atoms. The highest BCUT2D eigenvalue weighted by Gasteiger charge is 2.21. The second-order valence-corrected chi connectivity index (χ2v) is 7.72.